The van der Waals surface area contributed by atoms with Gasteiger partial charge in [-0.3, -0.25) is 10.1 Å². The number of phenolic OH excluding ortho intramolecular Hbond substituents is 2. The Kier molecular flexibility index (Phi) is 15.3. The van der Waals surface area contributed by atoms with Crippen molar-refractivity contribution in [2.24, 2.45) is 0 Å². The smallest absolute Gasteiger partial charge is 0.269 e. The number of aromatic hydroxyl groups is 2. The molecule has 3 rings (SSSR count). The van der Waals surface area contributed by atoms with E-state index in [1.165, 1.54) is 37.0 Å². The summed E-state index contributed by atoms with van der Waals surface area (Å²) < 4.78 is 5.61. The van der Waals surface area contributed by atoms with Crippen LogP contribution in [0.25, 0.3) is 0 Å². The molecular formula is C27H41Cl2N3O5. The van der Waals surface area contributed by atoms with E-state index < -0.39 is 4.92 Å². The maximum absolute atomic E-state index is 10.7. The predicted octanol–water partition coefficient (Wildman–Crippen LogP) is 5.65. The van der Waals surface area contributed by atoms with Crippen molar-refractivity contribution in [3.63, 3.8) is 0 Å². The summed E-state index contributed by atoms with van der Waals surface area (Å²) in [4.78, 5) is 12.9. The summed E-state index contributed by atoms with van der Waals surface area (Å²) in [6.45, 7) is 6.67. The molecule has 0 radical (unpaired) electrons. The van der Waals surface area contributed by atoms with E-state index in [0.717, 1.165) is 63.8 Å². The Labute approximate surface area is 232 Å². The summed E-state index contributed by atoms with van der Waals surface area (Å²) in [7, 11) is 0. The number of non-ortho nitro benzene ring substituents is 1. The Morgan fingerprint density at radius 3 is 2.46 bits per heavy atom. The third-order valence-corrected chi connectivity index (χ3v) is 6.71. The van der Waals surface area contributed by atoms with Crippen LogP contribution in [0, 0.1) is 10.1 Å². The zero-order valence-electron chi connectivity index (χ0n) is 21.6. The quantitative estimate of drug-likeness (QED) is 0.112. The molecule has 10 heteroatoms. The lowest BCUT2D eigenvalue weighted by Gasteiger charge is -2.35. The number of nitrogens with zero attached hydrogens (tertiary/aromatic N) is 2. The van der Waals surface area contributed by atoms with Crippen molar-refractivity contribution in [2.75, 3.05) is 32.8 Å². The van der Waals surface area contributed by atoms with E-state index in [-0.39, 0.29) is 42.0 Å². The van der Waals surface area contributed by atoms with Gasteiger partial charge in [-0.25, -0.2) is 0 Å². The summed E-state index contributed by atoms with van der Waals surface area (Å²) >= 11 is 0. The van der Waals surface area contributed by atoms with Crippen molar-refractivity contribution >= 4 is 30.5 Å². The number of hydrogen-bond acceptors (Lipinski definition) is 7. The second-order valence-corrected chi connectivity index (χ2v) is 9.27. The number of unbranched alkanes of at least 4 members (excludes halogenated alkanes) is 3. The first-order valence-corrected chi connectivity index (χ1v) is 12.8. The van der Waals surface area contributed by atoms with Crippen LogP contribution in [0.5, 0.6) is 17.2 Å². The molecule has 0 fully saturated rings. The lowest BCUT2D eigenvalue weighted by Crippen LogP contribution is -2.40. The second kappa shape index (κ2) is 17.3. The highest BCUT2D eigenvalue weighted by atomic mass is 35.5. The van der Waals surface area contributed by atoms with Gasteiger partial charge in [0.1, 0.15) is 12.4 Å². The van der Waals surface area contributed by atoms with Crippen LogP contribution in [0.1, 0.15) is 56.6 Å². The highest BCUT2D eigenvalue weighted by molar-refractivity contribution is 5.85. The number of nitro benzene ring substituents is 1. The molecular weight excluding hydrogens is 517 g/mol. The molecule has 1 aliphatic rings. The second-order valence-electron chi connectivity index (χ2n) is 9.27. The van der Waals surface area contributed by atoms with Gasteiger partial charge in [-0.2, -0.15) is 0 Å². The maximum Gasteiger partial charge on any atom is 0.269 e. The standard InChI is InChI=1S/C27H39N3O5.2ClH/c1-2-17-29(23-10-13-25-21(20-23)7-14-26(31)27(25)32)18-6-4-3-5-15-28-16-19-35-24-11-8-22(9-12-24)30(33)34;;/h7-9,11-12,14,23,28,31-32H,2-6,10,13,15-20H2,1H3;2*1H. The molecule has 0 aromatic heterocycles. The Morgan fingerprint density at radius 1 is 1.03 bits per heavy atom. The monoisotopic (exact) mass is 557 g/mol. The molecule has 208 valence electrons. The third-order valence-electron chi connectivity index (χ3n) is 6.71. The van der Waals surface area contributed by atoms with Gasteiger partial charge in [0.05, 0.1) is 4.92 Å². The molecule has 1 aliphatic carbocycles. The highest BCUT2D eigenvalue weighted by Crippen LogP contribution is 2.36. The van der Waals surface area contributed by atoms with Gasteiger partial charge >= 0.3 is 0 Å². The van der Waals surface area contributed by atoms with Gasteiger partial charge in [-0.15, -0.1) is 24.8 Å². The molecule has 0 spiro atoms. The lowest BCUT2D eigenvalue weighted by atomic mass is 9.86. The molecule has 0 amide bonds. The fraction of sp³-hybridized carbons (Fsp3) is 0.556. The first kappa shape index (κ1) is 32.8. The Hall–Kier alpha value is -2.26. The zero-order valence-corrected chi connectivity index (χ0v) is 23.2. The minimum atomic E-state index is -0.415. The molecule has 2 aromatic rings. The van der Waals surface area contributed by atoms with Crippen molar-refractivity contribution in [3.8, 4) is 17.2 Å². The number of hydrogen-bond donors (Lipinski definition) is 3. The van der Waals surface area contributed by atoms with E-state index in [1.54, 1.807) is 18.2 Å². The lowest BCUT2D eigenvalue weighted by molar-refractivity contribution is -0.384. The highest BCUT2D eigenvalue weighted by Gasteiger charge is 2.26. The van der Waals surface area contributed by atoms with Crippen molar-refractivity contribution in [2.45, 2.75) is 64.3 Å². The summed E-state index contributed by atoms with van der Waals surface area (Å²) in [6, 6.07) is 10.2. The SMILES string of the molecule is CCCN(CCCCCCNCCOc1ccc([N+](=O)[O-])cc1)C1CCc2c(ccc(O)c2O)C1.Cl.Cl. The van der Waals surface area contributed by atoms with E-state index in [1.807, 2.05) is 6.07 Å². The number of phenols is 2. The van der Waals surface area contributed by atoms with Crippen LogP contribution < -0.4 is 10.1 Å². The zero-order chi connectivity index (χ0) is 25.0. The van der Waals surface area contributed by atoms with E-state index in [4.69, 9.17) is 4.74 Å². The molecule has 0 saturated heterocycles. The van der Waals surface area contributed by atoms with Crippen molar-refractivity contribution in [3.05, 3.63) is 57.6 Å². The molecule has 0 saturated carbocycles. The first-order chi connectivity index (χ1) is 17.0. The van der Waals surface area contributed by atoms with Gasteiger partial charge in [-0.05, 0) is 81.9 Å². The molecule has 0 heterocycles. The number of ether oxygens (including phenoxy) is 1. The summed E-state index contributed by atoms with van der Waals surface area (Å²) in [5.74, 6) is 0.694. The number of nitrogens with one attached hydrogen (secondary N) is 1. The molecule has 1 atom stereocenters. The van der Waals surface area contributed by atoms with Crippen LogP contribution in [0.15, 0.2) is 36.4 Å². The fourth-order valence-electron chi connectivity index (χ4n) is 4.83. The molecule has 2 aromatic carbocycles. The van der Waals surface area contributed by atoms with Gasteiger partial charge in [-0.1, -0.05) is 25.8 Å². The molecule has 37 heavy (non-hydrogen) atoms. The number of benzene rings is 2. The Balaban J connectivity index is 0.00000342. The normalized spacial score (nSPS) is 14.4. The fourth-order valence-corrected chi connectivity index (χ4v) is 4.83. The van der Waals surface area contributed by atoms with Crippen LogP contribution in [0.4, 0.5) is 5.69 Å². The van der Waals surface area contributed by atoms with E-state index >= 15 is 0 Å². The van der Waals surface area contributed by atoms with Gasteiger partial charge in [0.2, 0.25) is 0 Å². The number of rotatable bonds is 15. The molecule has 0 bridgehead atoms. The number of fused-ring (bicyclic) bond motifs is 1. The van der Waals surface area contributed by atoms with E-state index in [0.29, 0.717) is 18.4 Å². The molecule has 1 unspecified atom stereocenters. The molecule has 3 N–H and O–H groups in total. The predicted molar refractivity (Wildman–Crippen MR) is 152 cm³/mol. The minimum Gasteiger partial charge on any atom is -0.504 e. The summed E-state index contributed by atoms with van der Waals surface area (Å²) in [5.41, 5.74) is 2.16. The van der Waals surface area contributed by atoms with Crippen LogP contribution in [-0.2, 0) is 12.8 Å². The largest absolute Gasteiger partial charge is 0.504 e. The van der Waals surface area contributed by atoms with Gasteiger partial charge < -0.3 is 25.2 Å². The number of nitro groups is 1. The molecule has 0 aliphatic heterocycles. The minimum absolute atomic E-state index is 0. The number of halogens is 2. The van der Waals surface area contributed by atoms with Crippen molar-refractivity contribution < 1.29 is 19.9 Å². The topological polar surface area (TPSA) is 108 Å². The first-order valence-electron chi connectivity index (χ1n) is 12.8. The summed E-state index contributed by atoms with van der Waals surface area (Å²) in [5, 5.41) is 34.0. The molecule has 8 nitrogen and oxygen atoms in total. The maximum atomic E-state index is 10.7. The van der Waals surface area contributed by atoms with Crippen molar-refractivity contribution in [1.82, 2.24) is 10.2 Å². The Morgan fingerprint density at radius 2 is 1.76 bits per heavy atom. The average molecular weight is 559 g/mol. The van der Waals surface area contributed by atoms with Crippen LogP contribution in [0.3, 0.4) is 0 Å². The summed E-state index contributed by atoms with van der Waals surface area (Å²) in [6.07, 6.45) is 8.63. The van der Waals surface area contributed by atoms with Crippen LogP contribution in [-0.4, -0.2) is 58.9 Å². The van der Waals surface area contributed by atoms with Gasteiger partial charge in [0.25, 0.3) is 5.69 Å². The Bertz CT molecular complexity index is 946. The van der Waals surface area contributed by atoms with E-state index in [9.17, 15) is 20.3 Å². The van der Waals surface area contributed by atoms with Crippen LogP contribution in [0.2, 0.25) is 0 Å². The average Bonchev–Trinajstić information content (AvgIpc) is 2.86. The third kappa shape index (κ3) is 10.2. The van der Waals surface area contributed by atoms with Crippen LogP contribution >= 0.6 is 24.8 Å². The van der Waals surface area contributed by atoms with Gasteiger partial charge in [0, 0.05) is 30.3 Å². The van der Waals surface area contributed by atoms with Crippen molar-refractivity contribution in [1.29, 1.82) is 0 Å². The van der Waals surface area contributed by atoms with E-state index in [2.05, 4.69) is 17.1 Å². The van der Waals surface area contributed by atoms with Gasteiger partial charge in [0.15, 0.2) is 11.5 Å².